The summed E-state index contributed by atoms with van der Waals surface area (Å²) in [6, 6.07) is -0.623. The molecule has 8 heteroatoms. The minimum Gasteiger partial charge on any atom is -0.477 e. The molecular weight excluding hydrogens is 775 g/mol. The zero-order valence-corrected chi connectivity index (χ0v) is 40.8. The van der Waals surface area contributed by atoms with Crippen molar-refractivity contribution < 1.29 is 38.2 Å². The average molecular weight is 871 g/mol. The monoisotopic (exact) mass is 871 g/mol. The van der Waals surface area contributed by atoms with Gasteiger partial charge >= 0.3 is 17.9 Å². The molecule has 0 bridgehead atoms. The fourth-order valence-electron chi connectivity index (χ4n) is 7.30. The molecule has 0 aromatic carbocycles. The molecule has 0 aliphatic heterocycles. The van der Waals surface area contributed by atoms with Crippen LogP contribution < -0.4 is 0 Å². The fourth-order valence-corrected chi connectivity index (χ4v) is 7.30. The summed E-state index contributed by atoms with van der Waals surface area (Å²) < 4.78 is 17.3. The molecule has 2 unspecified atom stereocenters. The summed E-state index contributed by atoms with van der Waals surface area (Å²) in [4.78, 5) is 37.1. The largest absolute Gasteiger partial charge is 0.477 e. The van der Waals surface area contributed by atoms with Crippen LogP contribution in [0.15, 0.2) is 60.8 Å². The lowest BCUT2D eigenvalue weighted by Gasteiger charge is -2.31. The number of ether oxygens (including phenoxy) is 3. The van der Waals surface area contributed by atoms with Gasteiger partial charge in [0.25, 0.3) is 0 Å². The van der Waals surface area contributed by atoms with Crippen molar-refractivity contribution in [2.24, 2.45) is 0 Å². The van der Waals surface area contributed by atoms with Gasteiger partial charge < -0.3 is 23.8 Å². The standard InChI is InChI=1S/C54H95NO7/c1-6-8-10-12-14-16-18-20-22-24-26-28-30-32-34-36-38-40-42-44-52(56)61-49-50(48-60-47-46-51(54(58)59)55(3,4)5)62-53(57)45-43-41-39-37-35-33-31-29-27-25-23-21-19-17-15-13-11-9-7-2/h9,11,15,17,21,23,27,29,33,35,50-51H,6-8,10,12-14,16,18-20,22,24-26,28,30-32,34,36-49H2,1-5H3/p+1/b11-9+,17-15+,23-21+,29-27+,35-33+. The van der Waals surface area contributed by atoms with E-state index in [1.807, 2.05) is 21.1 Å². The summed E-state index contributed by atoms with van der Waals surface area (Å²) in [5.41, 5.74) is 0. The highest BCUT2D eigenvalue weighted by Crippen LogP contribution is 2.16. The minimum atomic E-state index is -0.880. The first-order valence-corrected chi connectivity index (χ1v) is 25.3. The maximum Gasteiger partial charge on any atom is 0.362 e. The molecule has 0 saturated carbocycles. The van der Waals surface area contributed by atoms with E-state index in [1.165, 1.54) is 103 Å². The molecule has 0 saturated heterocycles. The van der Waals surface area contributed by atoms with Crippen LogP contribution in [0, 0.1) is 0 Å². The first kappa shape index (κ1) is 59.0. The van der Waals surface area contributed by atoms with Crippen molar-refractivity contribution in [3.05, 3.63) is 60.8 Å². The lowest BCUT2D eigenvalue weighted by atomic mass is 10.0. The molecule has 0 fully saturated rings. The van der Waals surface area contributed by atoms with Crippen LogP contribution >= 0.6 is 0 Å². The van der Waals surface area contributed by atoms with Gasteiger partial charge in [-0.3, -0.25) is 9.59 Å². The van der Waals surface area contributed by atoms with E-state index in [0.717, 1.165) is 77.0 Å². The molecule has 1 N–H and O–H groups in total. The van der Waals surface area contributed by atoms with Gasteiger partial charge in [0.2, 0.25) is 0 Å². The highest BCUT2D eigenvalue weighted by atomic mass is 16.6. The maximum absolute atomic E-state index is 12.8. The molecule has 0 spiro atoms. The summed E-state index contributed by atoms with van der Waals surface area (Å²) in [5, 5.41) is 9.65. The van der Waals surface area contributed by atoms with Crippen molar-refractivity contribution in [1.29, 1.82) is 0 Å². The Morgan fingerprint density at radius 2 is 0.903 bits per heavy atom. The van der Waals surface area contributed by atoms with Crippen molar-refractivity contribution in [3.8, 4) is 0 Å². The van der Waals surface area contributed by atoms with Gasteiger partial charge in [-0.1, -0.05) is 197 Å². The normalized spacial score (nSPS) is 13.4. The SMILES string of the molecule is CC/C=C/C/C=C/C/C=C/C/C=C/C/C=C/CCCCCC(=O)OC(COCCC(C(=O)O)[N+](C)(C)C)COC(=O)CCCCCCCCCCCCCCCCCCCCC. The molecule has 0 radical (unpaired) electrons. The second-order valence-corrected chi connectivity index (χ2v) is 18.1. The van der Waals surface area contributed by atoms with Gasteiger partial charge in [-0.15, -0.1) is 0 Å². The third-order valence-corrected chi connectivity index (χ3v) is 11.2. The fraction of sp³-hybridized carbons (Fsp3) is 0.759. The molecule has 358 valence electrons. The summed E-state index contributed by atoms with van der Waals surface area (Å²) in [7, 11) is 5.52. The predicted octanol–water partition coefficient (Wildman–Crippen LogP) is 14.5. The Labute approximate surface area is 381 Å². The minimum absolute atomic E-state index is 0.0474. The third-order valence-electron chi connectivity index (χ3n) is 11.2. The zero-order valence-electron chi connectivity index (χ0n) is 40.8. The summed E-state index contributed by atoms with van der Waals surface area (Å²) in [5.74, 6) is -1.50. The predicted molar refractivity (Wildman–Crippen MR) is 261 cm³/mol. The summed E-state index contributed by atoms with van der Waals surface area (Å²) in [6.45, 7) is 4.61. The van der Waals surface area contributed by atoms with E-state index in [-0.39, 0.29) is 42.7 Å². The van der Waals surface area contributed by atoms with Crippen LogP contribution in [0.4, 0.5) is 0 Å². The van der Waals surface area contributed by atoms with Crippen LogP contribution in [0.25, 0.3) is 0 Å². The molecule has 0 aliphatic rings. The number of aliphatic carboxylic acids is 1. The molecule has 0 amide bonds. The lowest BCUT2D eigenvalue weighted by Crippen LogP contribution is -2.50. The van der Waals surface area contributed by atoms with Gasteiger partial charge in [-0.2, -0.15) is 0 Å². The van der Waals surface area contributed by atoms with Gasteiger partial charge in [-0.05, 0) is 57.8 Å². The van der Waals surface area contributed by atoms with Gasteiger partial charge in [0.1, 0.15) is 6.61 Å². The molecule has 0 heterocycles. The molecular formula is C54H96NO7+. The molecule has 0 aliphatic carbocycles. The van der Waals surface area contributed by atoms with Crippen LogP contribution in [-0.4, -0.2) is 80.6 Å². The second kappa shape index (κ2) is 44.6. The van der Waals surface area contributed by atoms with E-state index in [2.05, 4.69) is 74.6 Å². The number of esters is 2. The summed E-state index contributed by atoms with van der Waals surface area (Å²) in [6.07, 6.45) is 55.6. The lowest BCUT2D eigenvalue weighted by molar-refractivity contribution is -0.887. The zero-order chi connectivity index (χ0) is 45.6. The van der Waals surface area contributed by atoms with E-state index in [0.29, 0.717) is 12.8 Å². The van der Waals surface area contributed by atoms with Crippen LogP contribution in [0.2, 0.25) is 0 Å². The first-order valence-electron chi connectivity index (χ1n) is 25.3. The number of unbranched alkanes of at least 4 members (excludes halogenated alkanes) is 21. The number of carboxylic acid groups (broad SMARTS) is 1. The molecule has 8 nitrogen and oxygen atoms in total. The number of hydrogen-bond donors (Lipinski definition) is 1. The van der Waals surface area contributed by atoms with Crippen LogP contribution in [-0.2, 0) is 28.6 Å². The highest BCUT2D eigenvalue weighted by molar-refractivity contribution is 5.72. The number of rotatable bonds is 45. The third kappa shape index (κ3) is 42.3. The van der Waals surface area contributed by atoms with Gasteiger partial charge in [-0.25, -0.2) is 4.79 Å². The Hall–Kier alpha value is -2.97. The Morgan fingerprint density at radius 3 is 1.34 bits per heavy atom. The van der Waals surface area contributed by atoms with Crippen LogP contribution in [0.3, 0.4) is 0 Å². The van der Waals surface area contributed by atoms with Gasteiger partial charge in [0.15, 0.2) is 12.1 Å². The van der Waals surface area contributed by atoms with Gasteiger partial charge in [0.05, 0.1) is 34.4 Å². The Bertz CT molecular complexity index is 1200. The Kier molecular flexibility index (Phi) is 42.5. The molecule has 0 aromatic heterocycles. The maximum atomic E-state index is 12.8. The average Bonchev–Trinajstić information content (AvgIpc) is 3.23. The van der Waals surface area contributed by atoms with Crippen molar-refractivity contribution >= 4 is 17.9 Å². The second-order valence-electron chi connectivity index (χ2n) is 18.1. The first-order chi connectivity index (χ1) is 30.1. The van der Waals surface area contributed by atoms with E-state index < -0.39 is 18.1 Å². The topological polar surface area (TPSA) is 99.1 Å². The highest BCUT2D eigenvalue weighted by Gasteiger charge is 2.31. The number of likely N-dealkylation sites (N-methyl/N-ethyl adjacent to an activating group) is 1. The molecule has 0 aromatic rings. The van der Waals surface area contributed by atoms with Crippen LogP contribution in [0.5, 0.6) is 0 Å². The summed E-state index contributed by atoms with van der Waals surface area (Å²) >= 11 is 0. The Balaban J connectivity index is 4.31. The molecule has 0 rings (SSSR count). The number of carboxylic acids is 1. The van der Waals surface area contributed by atoms with Crippen LogP contribution in [0.1, 0.15) is 213 Å². The van der Waals surface area contributed by atoms with E-state index in [9.17, 15) is 19.5 Å². The molecule has 62 heavy (non-hydrogen) atoms. The number of hydrogen-bond acceptors (Lipinski definition) is 6. The number of quaternary nitrogens is 1. The van der Waals surface area contributed by atoms with Crippen molar-refractivity contribution in [3.63, 3.8) is 0 Å². The van der Waals surface area contributed by atoms with Crippen molar-refractivity contribution in [2.45, 2.75) is 225 Å². The Morgan fingerprint density at radius 1 is 0.500 bits per heavy atom. The number of allylic oxidation sites excluding steroid dienone is 10. The smallest absolute Gasteiger partial charge is 0.362 e. The quantitative estimate of drug-likeness (QED) is 0.0282. The van der Waals surface area contributed by atoms with E-state index >= 15 is 0 Å². The van der Waals surface area contributed by atoms with Gasteiger partial charge in [0, 0.05) is 19.3 Å². The number of carbonyl (C=O) groups is 3. The van der Waals surface area contributed by atoms with E-state index in [4.69, 9.17) is 14.2 Å². The van der Waals surface area contributed by atoms with Crippen molar-refractivity contribution in [2.75, 3.05) is 41.0 Å². The molecule has 2 atom stereocenters. The van der Waals surface area contributed by atoms with E-state index in [1.54, 1.807) is 0 Å². The number of carbonyl (C=O) groups excluding carboxylic acids is 2. The van der Waals surface area contributed by atoms with Crippen molar-refractivity contribution in [1.82, 2.24) is 0 Å². The number of nitrogens with zero attached hydrogens (tertiary/aromatic N) is 1.